The fourth-order valence-electron chi connectivity index (χ4n) is 1.83. The van der Waals surface area contributed by atoms with Crippen LogP contribution in [0, 0.1) is 12.3 Å². The molecule has 0 aliphatic rings. The Hall–Kier alpha value is -2.78. The summed E-state index contributed by atoms with van der Waals surface area (Å²) in [5.74, 6) is 0.693. The van der Waals surface area contributed by atoms with E-state index in [9.17, 15) is 14.7 Å². The highest BCUT2D eigenvalue weighted by Crippen LogP contribution is 2.17. The third-order valence-electron chi connectivity index (χ3n) is 2.97. The maximum Gasteiger partial charge on any atom is 0.326 e. The molecule has 6 nitrogen and oxygen atoms in total. The van der Waals surface area contributed by atoms with Crippen molar-refractivity contribution in [2.24, 2.45) is 0 Å². The summed E-state index contributed by atoms with van der Waals surface area (Å²) < 4.78 is 0. The van der Waals surface area contributed by atoms with Crippen molar-refractivity contribution >= 4 is 23.5 Å². The first-order chi connectivity index (χ1) is 10.5. The van der Waals surface area contributed by atoms with Crippen molar-refractivity contribution in [3.05, 3.63) is 52.6 Å². The molecule has 1 atom stereocenters. The van der Waals surface area contributed by atoms with Gasteiger partial charge in [-0.3, -0.25) is 4.79 Å². The molecule has 0 fully saturated rings. The van der Waals surface area contributed by atoms with Crippen LogP contribution in [0.1, 0.15) is 21.6 Å². The van der Waals surface area contributed by atoms with Crippen molar-refractivity contribution in [2.45, 2.75) is 12.5 Å². The Kier molecular flexibility index (Phi) is 4.81. The number of amides is 1. The molecule has 0 saturated heterocycles. The van der Waals surface area contributed by atoms with Gasteiger partial charge in [0.05, 0.1) is 11.3 Å². The molecule has 2 rings (SSSR count). The fraction of sp³-hybridized carbons (Fsp3) is 0.133. The molecule has 1 aromatic heterocycles. The normalized spacial score (nSPS) is 11.5. The lowest BCUT2D eigenvalue weighted by Crippen LogP contribution is -2.42. The number of hydrogen-bond acceptors (Lipinski definition) is 3. The minimum absolute atomic E-state index is 0.0945. The van der Waals surface area contributed by atoms with Crippen LogP contribution in [0.25, 0.3) is 0 Å². The molecular formula is C15H12ClN3O3. The predicted octanol–water partition coefficient (Wildman–Crippen LogP) is 1.47. The standard InChI is InChI=1S/C15H12ClN3O3/c1-2-9-3-4-10(5-12(9)16)14(20)19-13(15(21)22)6-11-7-17-8-18-11/h1,3-5,7-8,13H,6H2,(H,17,18)(H,19,20)(H,21,22). The zero-order valence-corrected chi connectivity index (χ0v) is 12.1. The van der Waals surface area contributed by atoms with Gasteiger partial charge in [-0.2, -0.15) is 0 Å². The number of carbonyl (C=O) groups is 2. The molecule has 0 aliphatic carbocycles. The molecule has 0 spiro atoms. The van der Waals surface area contributed by atoms with E-state index >= 15 is 0 Å². The molecule has 112 valence electrons. The first-order valence-electron chi connectivity index (χ1n) is 6.28. The number of H-pyrrole nitrogens is 1. The van der Waals surface area contributed by atoms with Crippen LogP contribution in [-0.4, -0.2) is 33.0 Å². The van der Waals surface area contributed by atoms with Crippen molar-refractivity contribution in [3.8, 4) is 12.3 Å². The van der Waals surface area contributed by atoms with Crippen LogP contribution in [0.15, 0.2) is 30.7 Å². The van der Waals surface area contributed by atoms with Crippen LogP contribution in [0.3, 0.4) is 0 Å². The largest absolute Gasteiger partial charge is 0.480 e. The number of halogens is 1. The smallest absolute Gasteiger partial charge is 0.326 e. The van der Waals surface area contributed by atoms with Gasteiger partial charge in [0.15, 0.2) is 0 Å². The number of nitrogens with zero attached hydrogens (tertiary/aromatic N) is 1. The molecule has 0 radical (unpaired) electrons. The van der Waals surface area contributed by atoms with Crippen LogP contribution in [0.5, 0.6) is 0 Å². The van der Waals surface area contributed by atoms with Gasteiger partial charge in [-0.15, -0.1) is 6.42 Å². The highest BCUT2D eigenvalue weighted by Gasteiger charge is 2.22. The van der Waals surface area contributed by atoms with Gasteiger partial charge in [-0.05, 0) is 18.2 Å². The van der Waals surface area contributed by atoms with Crippen molar-refractivity contribution < 1.29 is 14.7 Å². The Labute approximate surface area is 131 Å². The topological polar surface area (TPSA) is 95.1 Å². The lowest BCUT2D eigenvalue weighted by Gasteiger charge is -2.14. The quantitative estimate of drug-likeness (QED) is 0.728. The van der Waals surface area contributed by atoms with E-state index in [4.69, 9.17) is 18.0 Å². The van der Waals surface area contributed by atoms with Crippen LogP contribution < -0.4 is 5.32 Å². The van der Waals surface area contributed by atoms with E-state index in [2.05, 4.69) is 21.2 Å². The third kappa shape index (κ3) is 3.65. The average molecular weight is 318 g/mol. The summed E-state index contributed by atoms with van der Waals surface area (Å²) in [6.07, 6.45) is 8.28. The molecule has 3 N–H and O–H groups in total. The Morgan fingerprint density at radius 2 is 2.27 bits per heavy atom. The second kappa shape index (κ2) is 6.78. The third-order valence-corrected chi connectivity index (χ3v) is 3.28. The van der Waals surface area contributed by atoms with Gasteiger partial charge in [-0.25, -0.2) is 9.78 Å². The second-order valence-corrected chi connectivity index (χ2v) is 4.89. The number of carboxylic acid groups (broad SMARTS) is 1. The van der Waals surface area contributed by atoms with Gasteiger partial charge in [-0.1, -0.05) is 17.5 Å². The maximum atomic E-state index is 12.1. The number of terminal acetylenes is 1. The number of benzene rings is 1. The first kappa shape index (κ1) is 15.6. The highest BCUT2D eigenvalue weighted by molar-refractivity contribution is 6.32. The number of aromatic nitrogens is 2. The van der Waals surface area contributed by atoms with E-state index in [0.29, 0.717) is 11.3 Å². The lowest BCUT2D eigenvalue weighted by molar-refractivity contribution is -0.139. The Morgan fingerprint density at radius 1 is 1.50 bits per heavy atom. The van der Waals surface area contributed by atoms with Gasteiger partial charge >= 0.3 is 5.97 Å². The van der Waals surface area contributed by atoms with E-state index < -0.39 is 17.9 Å². The molecule has 1 amide bonds. The van der Waals surface area contributed by atoms with Crippen LogP contribution in [0.2, 0.25) is 5.02 Å². The molecule has 2 aromatic rings. The molecular weight excluding hydrogens is 306 g/mol. The SMILES string of the molecule is C#Cc1ccc(C(=O)NC(Cc2cnc[nH]2)C(=O)O)cc1Cl. The summed E-state index contributed by atoms with van der Waals surface area (Å²) in [5.41, 5.74) is 1.30. The van der Waals surface area contributed by atoms with Gasteiger partial charge < -0.3 is 15.4 Å². The molecule has 0 bridgehead atoms. The number of nitrogens with one attached hydrogen (secondary N) is 2. The predicted molar refractivity (Wildman–Crippen MR) is 80.6 cm³/mol. The van der Waals surface area contributed by atoms with Crippen molar-refractivity contribution in [3.63, 3.8) is 0 Å². The minimum Gasteiger partial charge on any atom is -0.480 e. The molecule has 1 heterocycles. The molecule has 0 aliphatic heterocycles. The van der Waals surface area contributed by atoms with E-state index in [1.165, 1.54) is 30.7 Å². The van der Waals surface area contributed by atoms with Gasteiger partial charge in [0, 0.05) is 29.4 Å². The lowest BCUT2D eigenvalue weighted by atomic mass is 10.1. The summed E-state index contributed by atoms with van der Waals surface area (Å²) in [6, 6.07) is 3.34. The molecule has 0 saturated carbocycles. The van der Waals surface area contributed by atoms with Crippen LogP contribution >= 0.6 is 11.6 Å². The van der Waals surface area contributed by atoms with Crippen LogP contribution in [0.4, 0.5) is 0 Å². The number of rotatable bonds is 5. The van der Waals surface area contributed by atoms with Crippen LogP contribution in [-0.2, 0) is 11.2 Å². The van der Waals surface area contributed by atoms with Gasteiger partial charge in [0.1, 0.15) is 6.04 Å². The highest BCUT2D eigenvalue weighted by atomic mass is 35.5. The summed E-state index contributed by atoms with van der Waals surface area (Å²) in [7, 11) is 0. The summed E-state index contributed by atoms with van der Waals surface area (Å²) in [5, 5.41) is 11.9. The Bertz CT molecular complexity index is 735. The Morgan fingerprint density at radius 3 is 2.82 bits per heavy atom. The van der Waals surface area contributed by atoms with E-state index in [1.807, 2.05) is 0 Å². The monoisotopic (exact) mass is 317 g/mol. The first-order valence-corrected chi connectivity index (χ1v) is 6.66. The number of aliphatic carboxylic acids is 1. The molecule has 1 aromatic carbocycles. The summed E-state index contributed by atoms with van der Waals surface area (Å²) in [6.45, 7) is 0. The minimum atomic E-state index is -1.14. The number of imidazole rings is 1. The number of carboxylic acids is 1. The van der Waals surface area contributed by atoms with E-state index in [-0.39, 0.29) is 17.0 Å². The Balaban J connectivity index is 2.13. The number of aromatic amines is 1. The number of hydrogen-bond donors (Lipinski definition) is 3. The maximum absolute atomic E-state index is 12.1. The van der Waals surface area contributed by atoms with Crippen molar-refractivity contribution in [1.29, 1.82) is 0 Å². The average Bonchev–Trinajstić information content (AvgIpc) is 2.99. The number of carbonyl (C=O) groups excluding carboxylic acids is 1. The zero-order valence-electron chi connectivity index (χ0n) is 11.3. The fourth-order valence-corrected chi connectivity index (χ4v) is 2.07. The van der Waals surface area contributed by atoms with E-state index in [0.717, 1.165) is 0 Å². The van der Waals surface area contributed by atoms with Gasteiger partial charge in [0.2, 0.25) is 0 Å². The van der Waals surface area contributed by atoms with E-state index in [1.54, 1.807) is 0 Å². The van der Waals surface area contributed by atoms with Crippen molar-refractivity contribution in [1.82, 2.24) is 15.3 Å². The molecule has 22 heavy (non-hydrogen) atoms. The molecule has 7 heteroatoms. The summed E-state index contributed by atoms with van der Waals surface area (Å²) >= 11 is 5.94. The summed E-state index contributed by atoms with van der Waals surface area (Å²) in [4.78, 5) is 30.0. The van der Waals surface area contributed by atoms with Gasteiger partial charge in [0.25, 0.3) is 5.91 Å². The zero-order chi connectivity index (χ0) is 16.1. The second-order valence-electron chi connectivity index (χ2n) is 4.48. The molecule has 1 unspecified atom stereocenters. The van der Waals surface area contributed by atoms with Crippen molar-refractivity contribution in [2.75, 3.05) is 0 Å².